The van der Waals surface area contributed by atoms with Crippen molar-refractivity contribution < 1.29 is 19.4 Å². The maximum absolute atomic E-state index is 11.8. The van der Waals surface area contributed by atoms with Gasteiger partial charge in [-0.1, -0.05) is 37.8 Å². The van der Waals surface area contributed by atoms with E-state index in [0.717, 1.165) is 31.2 Å². The average molecular weight is 293 g/mol. The fourth-order valence-corrected chi connectivity index (χ4v) is 1.85. The highest BCUT2D eigenvalue weighted by Gasteiger charge is 2.14. The number of hydrogen-bond acceptors (Lipinski definition) is 4. The highest BCUT2D eigenvalue weighted by atomic mass is 16.5. The number of phenols is 1. The zero-order valence-corrected chi connectivity index (χ0v) is 12.6. The van der Waals surface area contributed by atoms with E-state index in [1.54, 1.807) is 13.0 Å². The van der Waals surface area contributed by atoms with Crippen LogP contribution in [0, 0.1) is 6.92 Å². The van der Waals surface area contributed by atoms with Gasteiger partial charge in [0.1, 0.15) is 11.3 Å². The summed E-state index contributed by atoms with van der Waals surface area (Å²) >= 11 is 0. The molecule has 0 bridgehead atoms. The maximum atomic E-state index is 11.8. The third-order valence-corrected chi connectivity index (χ3v) is 3.06. The van der Waals surface area contributed by atoms with Gasteiger partial charge < -0.3 is 15.2 Å². The molecule has 0 fully saturated rings. The molecule has 116 valence electrons. The zero-order valence-electron chi connectivity index (χ0n) is 12.6. The number of ether oxygens (including phenoxy) is 1. The fraction of sp³-hybridized carbons (Fsp3) is 0.500. The first kappa shape index (κ1) is 17.0. The number of esters is 1. The summed E-state index contributed by atoms with van der Waals surface area (Å²) in [6, 6.07) is 4.65. The van der Waals surface area contributed by atoms with Crippen molar-refractivity contribution in [2.45, 2.75) is 39.5 Å². The molecule has 0 radical (unpaired) electrons. The molecular weight excluding hydrogens is 270 g/mol. The Morgan fingerprint density at radius 1 is 1.24 bits per heavy atom. The summed E-state index contributed by atoms with van der Waals surface area (Å²) in [6.07, 6.45) is 4.29. The van der Waals surface area contributed by atoms with Gasteiger partial charge in [-0.15, -0.1) is 0 Å². The summed E-state index contributed by atoms with van der Waals surface area (Å²) in [4.78, 5) is 23.3. The Balaban J connectivity index is 2.32. The first-order chi connectivity index (χ1) is 10.0. The molecule has 0 heterocycles. The van der Waals surface area contributed by atoms with E-state index in [2.05, 4.69) is 12.2 Å². The molecule has 1 aromatic carbocycles. The maximum Gasteiger partial charge on any atom is 0.342 e. The number of aromatic hydroxyl groups is 1. The van der Waals surface area contributed by atoms with Crippen molar-refractivity contribution in [3.63, 3.8) is 0 Å². The van der Waals surface area contributed by atoms with Gasteiger partial charge in [0.15, 0.2) is 6.61 Å². The summed E-state index contributed by atoms with van der Waals surface area (Å²) < 4.78 is 4.89. The molecule has 0 aromatic heterocycles. The SMILES string of the molecule is CCCCCCNC(=O)COC(=O)c1cc(C)ccc1O. The normalized spacial score (nSPS) is 10.2. The number of rotatable bonds is 8. The van der Waals surface area contributed by atoms with Gasteiger partial charge in [-0.3, -0.25) is 4.79 Å². The Morgan fingerprint density at radius 2 is 2.00 bits per heavy atom. The number of carbonyl (C=O) groups is 2. The highest BCUT2D eigenvalue weighted by Crippen LogP contribution is 2.18. The summed E-state index contributed by atoms with van der Waals surface area (Å²) in [5.41, 5.74) is 0.908. The van der Waals surface area contributed by atoms with Crippen LogP contribution in [0.2, 0.25) is 0 Å². The number of unbranched alkanes of at least 4 members (excludes halogenated alkanes) is 3. The Bertz CT molecular complexity index is 485. The molecule has 0 atom stereocenters. The molecule has 0 aliphatic heterocycles. The van der Waals surface area contributed by atoms with Gasteiger partial charge in [-0.25, -0.2) is 4.79 Å². The minimum atomic E-state index is -0.697. The van der Waals surface area contributed by atoms with E-state index in [0.29, 0.717) is 6.54 Å². The molecule has 0 saturated carbocycles. The number of carbonyl (C=O) groups excluding carboxylic acids is 2. The van der Waals surface area contributed by atoms with Gasteiger partial charge in [0, 0.05) is 6.54 Å². The van der Waals surface area contributed by atoms with Crippen molar-refractivity contribution >= 4 is 11.9 Å². The summed E-state index contributed by atoms with van der Waals surface area (Å²) in [5, 5.41) is 12.3. The molecule has 0 spiro atoms. The molecule has 5 heteroatoms. The van der Waals surface area contributed by atoms with Crippen molar-refractivity contribution in [3.05, 3.63) is 29.3 Å². The van der Waals surface area contributed by atoms with E-state index in [-0.39, 0.29) is 23.8 Å². The van der Waals surface area contributed by atoms with Crippen LogP contribution < -0.4 is 5.32 Å². The standard InChI is InChI=1S/C16H23NO4/c1-3-4-5-6-9-17-15(19)11-21-16(20)13-10-12(2)7-8-14(13)18/h7-8,10,18H,3-6,9,11H2,1-2H3,(H,17,19). The summed E-state index contributed by atoms with van der Waals surface area (Å²) in [5.74, 6) is -1.17. The first-order valence-electron chi connectivity index (χ1n) is 7.28. The minimum Gasteiger partial charge on any atom is -0.507 e. The summed E-state index contributed by atoms with van der Waals surface area (Å²) in [6.45, 7) is 4.18. The van der Waals surface area contributed by atoms with Gasteiger partial charge in [-0.2, -0.15) is 0 Å². The van der Waals surface area contributed by atoms with Crippen LogP contribution in [0.1, 0.15) is 48.5 Å². The quantitative estimate of drug-likeness (QED) is 0.570. The number of aryl methyl sites for hydroxylation is 1. The summed E-state index contributed by atoms with van der Waals surface area (Å²) in [7, 11) is 0. The second kappa shape index (κ2) is 9.00. The number of hydrogen-bond donors (Lipinski definition) is 2. The number of amides is 1. The van der Waals surface area contributed by atoms with Crippen LogP contribution in [0.25, 0.3) is 0 Å². The predicted molar refractivity (Wildman–Crippen MR) is 80.3 cm³/mol. The van der Waals surface area contributed by atoms with E-state index in [9.17, 15) is 14.7 Å². The van der Waals surface area contributed by atoms with Gasteiger partial charge in [-0.05, 0) is 25.5 Å². The van der Waals surface area contributed by atoms with Gasteiger partial charge >= 0.3 is 5.97 Å². The van der Waals surface area contributed by atoms with Crippen molar-refractivity contribution in [2.75, 3.05) is 13.2 Å². The molecule has 0 saturated heterocycles. The first-order valence-corrected chi connectivity index (χ1v) is 7.28. The average Bonchev–Trinajstić information content (AvgIpc) is 2.47. The van der Waals surface area contributed by atoms with Crippen LogP contribution in [0.5, 0.6) is 5.75 Å². The van der Waals surface area contributed by atoms with E-state index >= 15 is 0 Å². The number of benzene rings is 1. The predicted octanol–water partition coefficient (Wildman–Crippen LogP) is 2.55. The van der Waals surface area contributed by atoms with Crippen LogP contribution in [0.3, 0.4) is 0 Å². The lowest BCUT2D eigenvalue weighted by atomic mass is 10.1. The Morgan fingerprint density at radius 3 is 2.71 bits per heavy atom. The van der Waals surface area contributed by atoms with E-state index < -0.39 is 5.97 Å². The van der Waals surface area contributed by atoms with Crippen LogP contribution in [-0.2, 0) is 9.53 Å². The van der Waals surface area contributed by atoms with Crippen LogP contribution >= 0.6 is 0 Å². The third-order valence-electron chi connectivity index (χ3n) is 3.06. The minimum absolute atomic E-state index is 0.0748. The van der Waals surface area contributed by atoms with Crippen LogP contribution in [0.4, 0.5) is 0 Å². The Kier molecular flexibility index (Phi) is 7.29. The van der Waals surface area contributed by atoms with Crippen molar-refractivity contribution in [1.29, 1.82) is 0 Å². The highest BCUT2D eigenvalue weighted by molar-refractivity contribution is 5.94. The monoisotopic (exact) mass is 293 g/mol. The Labute approximate surface area is 125 Å². The van der Waals surface area contributed by atoms with Gasteiger partial charge in [0.25, 0.3) is 5.91 Å². The van der Waals surface area contributed by atoms with E-state index in [1.807, 2.05) is 0 Å². The second-order valence-corrected chi connectivity index (χ2v) is 5.01. The van der Waals surface area contributed by atoms with Gasteiger partial charge in [0.05, 0.1) is 0 Å². The topological polar surface area (TPSA) is 75.6 Å². The molecule has 0 aliphatic rings. The molecule has 21 heavy (non-hydrogen) atoms. The van der Waals surface area contributed by atoms with E-state index in [1.165, 1.54) is 12.1 Å². The molecular formula is C16H23NO4. The third kappa shape index (κ3) is 6.29. The molecule has 2 N–H and O–H groups in total. The van der Waals surface area contributed by atoms with Crippen molar-refractivity contribution in [1.82, 2.24) is 5.32 Å². The van der Waals surface area contributed by atoms with Crippen molar-refractivity contribution in [3.8, 4) is 5.75 Å². The van der Waals surface area contributed by atoms with Crippen molar-refractivity contribution in [2.24, 2.45) is 0 Å². The smallest absolute Gasteiger partial charge is 0.342 e. The van der Waals surface area contributed by atoms with Crippen LogP contribution in [-0.4, -0.2) is 30.1 Å². The van der Waals surface area contributed by atoms with E-state index in [4.69, 9.17) is 4.74 Å². The van der Waals surface area contributed by atoms with Gasteiger partial charge in [0.2, 0.25) is 0 Å². The second-order valence-electron chi connectivity index (χ2n) is 5.01. The number of nitrogens with one attached hydrogen (secondary N) is 1. The lowest BCUT2D eigenvalue weighted by Crippen LogP contribution is -2.29. The lowest BCUT2D eigenvalue weighted by Gasteiger charge is -2.08. The largest absolute Gasteiger partial charge is 0.507 e. The fourth-order valence-electron chi connectivity index (χ4n) is 1.85. The molecule has 1 rings (SSSR count). The van der Waals surface area contributed by atoms with Crippen LogP contribution in [0.15, 0.2) is 18.2 Å². The molecule has 0 aliphatic carbocycles. The molecule has 0 unspecified atom stereocenters. The Hall–Kier alpha value is -2.04. The zero-order chi connectivity index (χ0) is 15.7. The molecule has 1 aromatic rings. The lowest BCUT2D eigenvalue weighted by molar-refractivity contribution is -0.124. The number of phenolic OH excluding ortho intramolecular Hbond substituents is 1. The molecule has 1 amide bonds. The molecule has 5 nitrogen and oxygen atoms in total.